The number of rotatable bonds is 6. The maximum Gasteiger partial charge on any atom is 0.301 e. The van der Waals surface area contributed by atoms with Gasteiger partial charge in [0, 0.05) is 23.0 Å². The number of aliphatic hydroxyl groups is 1. The number of thiazole rings is 1. The number of nitrogens with zero attached hydrogens (tertiary/aromatic N) is 3. The number of carbonyl (C=O) groups is 2. The Morgan fingerprint density at radius 1 is 1.14 bits per heavy atom. The monoisotopic (exact) mass is 503 g/mol. The van der Waals surface area contributed by atoms with Gasteiger partial charge in [-0.15, -0.1) is 0 Å². The summed E-state index contributed by atoms with van der Waals surface area (Å²) in [5.41, 5.74) is 1.61. The molecule has 1 saturated heterocycles. The van der Waals surface area contributed by atoms with Crippen molar-refractivity contribution >= 4 is 55.7 Å². The van der Waals surface area contributed by atoms with E-state index in [2.05, 4.69) is 16.5 Å². The smallest absolute Gasteiger partial charge is 0.301 e. The fraction of sp³-hybridized carbons (Fsp3) is 0.0769. The normalized spacial score (nSPS) is 17.2. The van der Waals surface area contributed by atoms with Gasteiger partial charge in [0.1, 0.15) is 18.1 Å². The Labute approximate surface area is 209 Å². The predicted molar refractivity (Wildman–Crippen MR) is 136 cm³/mol. The number of Topliss-reactive ketones (excluding diaryl/α,β-unsaturated/α-hetero) is 1. The lowest BCUT2D eigenvalue weighted by molar-refractivity contribution is -0.132. The minimum Gasteiger partial charge on any atom is -0.507 e. The average Bonchev–Trinajstić information content (AvgIpc) is 3.40. The highest BCUT2D eigenvalue weighted by Crippen LogP contribution is 2.44. The Morgan fingerprint density at radius 2 is 1.89 bits per heavy atom. The minimum atomic E-state index is -0.896. The highest BCUT2D eigenvalue weighted by Gasteiger charge is 2.48. The molecule has 2 aromatic heterocycles. The number of fused-ring (bicyclic) bond motifs is 1. The summed E-state index contributed by atoms with van der Waals surface area (Å²) < 4.78 is 6.34. The van der Waals surface area contributed by atoms with Crippen molar-refractivity contribution in [1.29, 1.82) is 0 Å². The molecule has 174 valence electrons. The molecule has 1 aliphatic rings. The number of benzene rings is 2. The van der Waals surface area contributed by atoms with Crippen LogP contribution in [0.5, 0.6) is 5.75 Å². The average molecular weight is 504 g/mol. The molecule has 3 heterocycles. The number of carbonyl (C=O) groups excluding carboxylic acids is 2. The predicted octanol–water partition coefficient (Wildman–Crippen LogP) is 5.54. The summed E-state index contributed by atoms with van der Waals surface area (Å²) in [5, 5.41) is 12.0. The fourth-order valence-electron chi connectivity index (χ4n) is 3.90. The number of hydrogen-bond acceptors (Lipinski definition) is 7. The van der Waals surface area contributed by atoms with E-state index < -0.39 is 17.7 Å². The topological polar surface area (TPSA) is 92.6 Å². The first-order valence-electron chi connectivity index (χ1n) is 10.6. The SMILES string of the molecule is C=CCOc1ccc(C2/C(=C(\O)c3ccncc3)C(=O)C(=O)N2c2nc3ccc(Cl)cc3s2)cc1. The summed E-state index contributed by atoms with van der Waals surface area (Å²) in [5.74, 6) is -1.25. The van der Waals surface area contributed by atoms with Crippen molar-refractivity contribution in [2.45, 2.75) is 6.04 Å². The molecule has 7 nitrogen and oxygen atoms in total. The standard InChI is InChI=1S/C26H18ClN3O4S/c1-2-13-34-18-6-3-15(4-7-18)22-21(23(31)16-9-11-28-12-10-16)24(32)25(33)30(22)26-29-19-8-5-17(27)14-20(19)35-26/h2-12,14,22,31H,1,13H2/b23-21+. The molecule has 1 aliphatic heterocycles. The lowest BCUT2D eigenvalue weighted by Gasteiger charge is -2.23. The number of hydrogen-bond donors (Lipinski definition) is 1. The molecule has 4 aromatic rings. The number of ketones is 1. The van der Waals surface area contributed by atoms with Gasteiger partial charge < -0.3 is 9.84 Å². The largest absolute Gasteiger partial charge is 0.507 e. The number of anilines is 1. The molecule has 0 spiro atoms. The first-order valence-corrected chi connectivity index (χ1v) is 11.8. The molecule has 0 saturated carbocycles. The van der Waals surface area contributed by atoms with E-state index in [0.717, 1.165) is 4.70 Å². The van der Waals surface area contributed by atoms with Gasteiger partial charge in [0.25, 0.3) is 5.78 Å². The van der Waals surface area contributed by atoms with E-state index >= 15 is 0 Å². The van der Waals surface area contributed by atoms with Crippen LogP contribution in [0.15, 0.2) is 85.2 Å². The van der Waals surface area contributed by atoms with Crippen LogP contribution in [0.3, 0.4) is 0 Å². The molecule has 5 rings (SSSR count). The van der Waals surface area contributed by atoms with Gasteiger partial charge in [-0.05, 0) is 48.0 Å². The van der Waals surface area contributed by atoms with Gasteiger partial charge in [-0.1, -0.05) is 47.7 Å². The second-order valence-corrected chi connectivity index (χ2v) is 9.13. The zero-order chi connectivity index (χ0) is 24.5. The number of amides is 1. The number of aromatic nitrogens is 2. The Balaban J connectivity index is 1.68. The second kappa shape index (κ2) is 9.32. The van der Waals surface area contributed by atoms with Crippen molar-refractivity contribution in [1.82, 2.24) is 9.97 Å². The maximum absolute atomic E-state index is 13.3. The van der Waals surface area contributed by atoms with Crippen LogP contribution in [-0.2, 0) is 9.59 Å². The van der Waals surface area contributed by atoms with Gasteiger partial charge in [-0.3, -0.25) is 19.5 Å². The van der Waals surface area contributed by atoms with Gasteiger partial charge in [-0.25, -0.2) is 4.98 Å². The molecule has 0 aliphatic carbocycles. The number of pyridine rings is 1. The van der Waals surface area contributed by atoms with E-state index in [-0.39, 0.29) is 11.3 Å². The molecule has 35 heavy (non-hydrogen) atoms. The highest BCUT2D eigenvalue weighted by molar-refractivity contribution is 7.22. The molecular formula is C26H18ClN3O4S. The highest BCUT2D eigenvalue weighted by atomic mass is 35.5. The molecule has 1 amide bonds. The lowest BCUT2D eigenvalue weighted by atomic mass is 9.95. The summed E-state index contributed by atoms with van der Waals surface area (Å²) in [4.78, 5) is 36.4. The zero-order valence-electron chi connectivity index (χ0n) is 18.2. The number of ether oxygens (including phenoxy) is 1. The fourth-order valence-corrected chi connectivity index (χ4v) is 5.17. The first-order chi connectivity index (χ1) is 17.0. The van der Waals surface area contributed by atoms with Crippen LogP contribution < -0.4 is 9.64 Å². The third-order valence-electron chi connectivity index (χ3n) is 5.51. The number of halogens is 1. The van der Waals surface area contributed by atoms with Crippen molar-refractivity contribution in [2.75, 3.05) is 11.5 Å². The molecular weight excluding hydrogens is 486 g/mol. The van der Waals surface area contributed by atoms with Crippen molar-refractivity contribution in [3.63, 3.8) is 0 Å². The molecule has 0 radical (unpaired) electrons. The summed E-state index contributed by atoms with van der Waals surface area (Å²) in [6.45, 7) is 3.98. The third kappa shape index (κ3) is 4.18. The lowest BCUT2D eigenvalue weighted by Crippen LogP contribution is -2.29. The van der Waals surface area contributed by atoms with Gasteiger partial charge in [-0.2, -0.15) is 0 Å². The molecule has 1 fully saturated rings. The van der Waals surface area contributed by atoms with Gasteiger partial charge in [0.05, 0.1) is 21.8 Å². The van der Waals surface area contributed by atoms with Crippen LogP contribution in [0.25, 0.3) is 16.0 Å². The van der Waals surface area contributed by atoms with E-state index in [4.69, 9.17) is 16.3 Å². The van der Waals surface area contributed by atoms with Crippen molar-refractivity contribution < 1.29 is 19.4 Å². The molecule has 1 N–H and O–H groups in total. The Bertz CT molecular complexity index is 1480. The summed E-state index contributed by atoms with van der Waals surface area (Å²) in [6.07, 6.45) is 4.64. The van der Waals surface area contributed by atoms with E-state index in [9.17, 15) is 14.7 Å². The summed E-state index contributed by atoms with van der Waals surface area (Å²) >= 11 is 7.37. The van der Waals surface area contributed by atoms with E-state index in [1.807, 2.05) is 0 Å². The van der Waals surface area contributed by atoms with Crippen LogP contribution in [0.1, 0.15) is 17.2 Å². The van der Waals surface area contributed by atoms with Crippen LogP contribution >= 0.6 is 22.9 Å². The van der Waals surface area contributed by atoms with Crippen LogP contribution in [-0.4, -0.2) is 33.4 Å². The Hall–Kier alpha value is -4.01. The zero-order valence-corrected chi connectivity index (χ0v) is 19.8. The maximum atomic E-state index is 13.3. The van der Waals surface area contributed by atoms with Crippen LogP contribution in [0.2, 0.25) is 5.02 Å². The van der Waals surface area contributed by atoms with E-state index in [0.29, 0.717) is 39.2 Å². The van der Waals surface area contributed by atoms with Crippen molar-refractivity contribution in [3.05, 3.63) is 101 Å². The van der Waals surface area contributed by atoms with Crippen LogP contribution in [0.4, 0.5) is 5.13 Å². The van der Waals surface area contributed by atoms with Crippen LogP contribution in [0, 0.1) is 0 Å². The van der Waals surface area contributed by atoms with Gasteiger partial charge in [0.15, 0.2) is 5.13 Å². The second-order valence-electron chi connectivity index (χ2n) is 7.68. The van der Waals surface area contributed by atoms with Crippen molar-refractivity contribution in [2.24, 2.45) is 0 Å². The summed E-state index contributed by atoms with van der Waals surface area (Å²) in [6, 6.07) is 14.5. The number of aliphatic hydroxyl groups excluding tert-OH is 1. The Kier molecular flexibility index (Phi) is 6.07. The quantitative estimate of drug-likeness (QED) is 0.161. The van der Waals surface area contributed by atoms with Crippen molar-refractivity contribution in [3.8, 4) is 5.75 Å². The molecule has 9 heteroatoms. The first kappa shape index (κ1) is 22.8. The van der Waals surface area contributed by atoms with Gasteiger partial charge >= 0.3 is 5.91 Å². The van der Waals surface area contributed by atoms with Gasteiger partial charge in [0.2, 0.25) is 0 Å². The van der Waals surface area contributed by atoms with E-state index in [1.54, 1.807) is 60.7 Å². The third-order valence-corrected chi connectivity index (χ3v) is 6.76. The molecule has 1 unspecified atom stereocenters. The molecule has 2 aromatic carbocycles. The summed E-state index contributed by atoms with van der Waals surface area (Å²) in [7, 11) is 0. The molecule has 1 atom stereocenters. The molecule has 0 bridgehead atoms. The van der Waals surface area contributed by atoms with E-state index in [1.165, 1.54) is 28.6 Å². The Morgan fingerprint density at radius 3 is 2.60 bits per heavy atom. The minimum absolute atomic E-state index is 0.0294.